The van der Waals surface area contributed by atoms with Crippen LogP contribution in [0.5, 0.6) is 5.75 Å². The normalized spacial score (nSPS) is 10.9. The molecule has 0 saturated heterocycles. The second-order valence-electron chi connectivity index (χ2n) is 7.29. The number of para-hydroxylation sites is 3. The number of nitrogens with one attached hydrogen (secondary N) is 1. The smallest absolute Gasteiger partial charge is 0.251 e. The lowest BCUT2D eigenvalue weighted by Crippen LogP contribution is -2.26. The van der Waals surface area contributed by atoms with E-state index in [9.17, 15) is 4.79 Å². The number of benzene rings is 3. The number of aryl methyl sites for hydroxylation is 1. The summed E-state index contributed by atoms with van der Waals surface area (Å²) in [6.45, 7) is 3.16. The Hall–Kier alpha value is -3.60. The van der Waals surface area contributed by atoms with Crippen LogP contribution in [0.3, 0.4) is 0 Å². The Bertz CT molecular complexity index is 1180. The minimum Gasteiger partial charge on any atom is -0.496 e. The van der Waals surface area contributed by atoms with E-state index in [-0.39, 0.29) is 5.91 Å². The highest BCUT2D eigenvalue weighted by atomic mass is 16.5. The van der Waals surface area contributed by atoms with Gasteiger partial charge in [0.25, 0.3) is 5.91 Å². The zero-order chi connectivity index (χ0) is 20.9. The van der Waals surface area contributed by atoms with Gasteiger partial charge in [-0.25, -0.2) is 4.98 Å². The predicted molar refractivity (Wildman–Crippen MR) is 119 cm³/mol. The van der Waals surface area contributed by atoms with E-state index in [0.717, 1.165) is 33.7 Å². The van der Waals surface area contributed by atoms with Gasteiger partial charge in [0.2, 0.25) is 0 Å². The van der Waals surface area contributed by atoms with Gasteiger partial charge in [-0.15, -0.1) is 0 Å². The first-order chi connectivity index (χ1) is 14.7. The highest BCUT2D eigenvalue weighted by molar-refractivity contribution is 5.94. The van der Waals surface area contributed by atoms with Crippen molar-refractivity contribution in [3.63, 3.8) is 0 Å². The SMILES string of the molecule is COc1ccccc1Cn1c(CCNC(=O)c2cccc(C)c2)nc2ccccc21. The van der Waals surface area contributed by atoms with Gasteiger partial charge in [-0.1, -0.05) is 48.0 Å². The summed E-state index contributed by atoms with van der Waals surface area (Å²) in [4.78, 5) is 17.3. The standard InChI is InChI=1S/C25H25N3O2/c1-18-8-7-10-19(16-18)25(29)26-15-14-24-27-21-11-4-5-12-22(21)28(24)17-20-9-3-6-13-23(20)30-2/h3-13,16H,14-15,17H2,1-2H3,(H,26,29). The van der Waals surface area contributed by atoms with E-state index in [4.69, 9.17) is 9.72 Å². The average molecular weight is 399 g/mol. The molecule has 30 heavy (non-hydrogen) atoms. The molecule has 0 radical (unpaired) electrons. The van der Waals surface area contributed by atoms with E-state index in [1.807, 2.05) is 67.6 Å². The Labute approximate surface area is 176 Å². The van der Waals surface area contributed by atoms with Gasteiger partial charge >= 0.3 is 0 Å². The molecule has 0 aliphatic heterocycles. The van der Waals surface area contributed by atoms with Gasteiger partial charge in [0, 0.05) is 24.1 Å². The van der Waals surface area contributed by atoms with E-state index in [1.165, 1.54) is 0 Å². The maximum absolute atomic E-state index is 12.5. The largest absolute Gasteiger partial charge is 0.496 e. The molecule has 0 aliphatic rings. The van der Waals surface area contributed by atoms with Crippen molar-refractivity contribution < 1.29 is 9.53 Å². The van der Waals surface area contributed by atoms with Gasteiger partial charge < -0.3 is 14.6 Å². The van der Waals surface area contributed by atoms with Crippen molar-refractivity contribution in [2.45, 2.75) is 19.9 Å². The lowest BCUT2D eigenvalue weighted by Gasteiger charge is -2.13. The van der Waals surface area contributed by atoms with Crippen molar-refractivity contribution in [1.82, 2.24) is 14.9 Å². The molecule has 0 bridgehead atoms. The molecule has 0 saturated carbocycles. The molecule has 0 fully saturated rings. The first-order valence-electron chi connectivity index (χ1n) is 10.1. The van der Waals surface area contributed by atoms with Crippen LogP contribution < -0.4 is 10.1 Å². The van der Waals surface area contributed by atoms with E-state index >= 15 is 0 Å². The summed E-state index contributed by atoms with van der Waals surface area (Å²) in [6.07, 6.45) is 0.640. The second-order valence-corrected chi connectivity index (χ2v) is 7.29. The van der Waals surface area contributed by atoms with Crippen LogP contribution in [-0.2, 0) is 13.0 Å². The third kappa shape index (κ3) is 4.20. The Morgan fingerprint density at radius 1 is 1.03 bits per heavy atom. The highest BCUT2D eigenvalue weighted by Crippen LogP contribution is 2.23. The number of methoxy groups -OCH3 is 1. The van der Waals surface area contributed by atoms with Gasteiger partial charge in [0.05, 0.1) is 24.7 Å². The van der Waals surface area contributed by atoms with Crippen LogP contribution in [0.15, 0.2) is 72.8 Å². The first kappa shape index (κ1) is 19.7. The van der Waals surface area contributed by atoms with Crippen LogP contribution in [0.2, 0.25) is 0 Å². The van der Waals surface area contributed by atoms with Crippen molar-refractivity contribution in [2.24, 2.45) is 0 Å². The van der Waals surface area contributed by atoms with Crippen LogP contribution >= 0.6 is 0 Å². The number of carbonyl (C=O) groups is 1. The van der Waals surface area contributed by atoms with E-state index in [0.29, 0.717) is 25.1 Å². The molecular weight excluding hydrogens is 374 g/mol. The summed E-state index contributed by atoms with van der Waals surface area (Å²) in [7, 11) is 1.69. The van der Waals surface area contributed by atoms with Crippen LogP contribution in [-0.4, -0.2) is 29.1 Å². The number of aromatic nitrogens is 2. The molecule has 3 aromatic carbocycles. The summed E-state index contributed by atoms with van der Waals surface area (Å²) in [6, 6.07) is 23.7. The number of fused-ring (bicyclic) bond motifs is 1. The molecule has 0 atom stereocenters. The predicted octanol–water partition coefficient (Wildman–Crippen LogP) is 4.37. The molecule has 0 unspecified atom stereocenters. The number of carbonyl (C=O) groups excluding carboxylic acids is 1. The van der Waals surface area contributed by atoms with Gasteiger partial charge in [-0.2, -0.15) is 0 Å². The van der Waals surface area contributed by atoms with Crippen LogP contribution in [0.4, 0.5) is 0 Å². The monoisotopic (exact) mass is 399 g/mol. The van der Waals surface area contributed by atoms with E-state index in [1.54, 1.807) is 7.11 Å². The highest BCUT2D eigenvalue weighted by Gasteiger charge is 2.13. The van der Waals surface area contributed by atoms with Crippen LogP contribution in [0.1, 0.15) is 27.3 Å². The van der Waals surface area contributed by atoms with Gasteiger partial charge in [-0.05, 0) is 37.3 Å². The number of imidazole rings is 1. The molecule has 0 aliphatic carbocycles. The fourth-order valence-electron chi connectivity index (χ4n) is 3.67. The summed E-state index contributed by atoms with van der Waals surface area (Å²) in [5.74, 6) is 1.73. The molecule has 1 N–H and O–H groups in total. The minimum atomic E-state index is -0.0638. The summed E-state index contributed by atoms with van der Waals surface area (Å²) in [5.41, 5.74) is 4.86. The molecule has 152 valence electrons. The first-order valence-corrected chi connectivity index (χ1v) is 10.1. The van der Waals surface area contributed by atoms with Gasteiger partial charge in [0.15, 0.2) is 0 Å². The Balaban J connectivity index is 1.55. The average Bonchev–Trinajstić information content (AvgIpc) is 3.11. The maximum atomic E-state index is 12.5. The molecule has 0 spiro atoms. The fraction of sp³-hybridized carbons (Fsp3) is 0.200. The molecular formula is C25H25N3O2. The Morgan fingerprint density at radius 3 is 2.67 bits per heavy atom. The summed E-state index contributed by atoms with van der Waals surface area (Å²) < 4.78 is 7.73. The fourth-order valence-corrected chi connectivity index (χ4v) is 3.67. The zero-order valence-corrected chi connectivity index (χ0v) is 17.3. The summed E-state index contributed by atoms with van der Waals surface area (Å²) in [5, 5.41) is 3.02. The summed E-state index contributed by atoms with van der Waals surface area (Å²) >= 11 is 0. The maximum Gasteiger partial charge on any atom is 0.251 e. The van der Waals surface area contributed by atoms with Crippen molar-refractivity contribution in [1.29, 1.82) is 0 Å². The zero-order valence-electron chi connectivity index (χ0n) is 17.3. The minimum absolute atomic E-state index is 0.0638. The number of amides is 1. The van der Waals surface area contributed by atoms with E-state index in [2.05, 4.69) is 22.0 Å². The number of hydrogen-bond acceptors (Lipinski definition) is 3. The second kappa shape index (κ2) is 8.82. The number of rotatable bonds is 7. The van der Waals surface area contributed by atoms with Crippen LogP contribution in [0, 0.1) is 6.92 Å². The topological polar surface area (TPSA) is 56.1 Å². The molecule has 1 heterocycles. The quantitative estimate of drug-likeness (QED) is 0.502. The van der Waals surface area contributed by atoms with Crippen molar-refractivity contribution in [3.8, 4) is 5.75 Å². The lowest BCUT2D eigenvalue weighted by atomic mass is 10.1. The number of hydrogen-bond donors (Lipinski definition) is 1. The van der Waals surface area contributed by atoms with Crippen molar-refractivity contribution in [2.75, 3.05) is 13.7 Å². The van der Waals surface area contributed by atoms with E-state index < -0.39 is 0 Å². The molecule has 5 nitrogen and oxygen atoms in total. The number of nitrogens with zero attached hydrogens (tertiary/aromatic N) is 2. The Morgan fingerprint density at radius 2 is 1.83 bits per heavy atom. The molecule has 1 aromatic heterocycles. The molecule has 5 heteroatoms. The number of ether oxygens (including phenoxy) is 1. The van der Waals surface area contributed by atoms with Crippen molar-refractivity contribution >= 4 is 16.9 Å². The van der Waals surface area contributed by atoms with Crippen LogP contribution in [0.25, 0.3) is 11.0 Å². The molecule has 4 rings (SSSR count). The lowest BCUT2D eigenvalue weighted by molar-refractivity contribution is 0.0954. The van der Waals surface area contributed by atoms with Gasteiger partial charge in [-0.3, -0.25) is 4.79 Å². The molecule has 1 amide bonds. The molecule has 4 aromatic rings. The Kier molecular flexibility index (Phi) is 5.80. The third-order valence-electron chi connectivity index (χ3n) is 5.17. The van der Waals surface area contributed by atoms with Crippen molar-refractivity contribution in [3.05, 3.63) is 95.3 Å². The van der Waals surface area contributed by atoms with Gasteiger partial charge in [0.1, 0.15) is 11.6 Å². The third-order valence-corrected chi connectivity index (χ3v) is 5.17.